The Labute approximate surface area is 86.8 Å². The van der Waals surface area contributed by atoms with Crippen molar-refractivity contribution < 1.29 is 4.79 Å². The average molecular weight is 195 g/mol. The first-order valence-electron chi connectivity index (χ1n) is 5.11. The first-order valence-corrected chi connectivity index (χ1v) is 5.11. The fraction of sp³-hybridized carbons (Fsp3) is 0.750. The summed E-state index contributed by atoms with van der Waals surface area (Å²) in [6.07, 6.45) is 3.80. The van der Waals surface area contributed by atoms with Crippen molar-refractivity contribution in [2.45, 2.75) is 41.5 Å². The van der Waals surface area contributed by atoms with Crippen molar-refractivity contribution in [2.24, 2.45) is 16.2 Å². The molecule has 2 nitrogen and oxygen atoms in total. The van der Waals surface area contributed by atoms with Crippen molar-refractivity contribution in [3.8, 4) is 0 Å². The zero-order chi connectivity index (χ0) is 11.2. The maximum atomic E-state index is 12.0. The first kappa shape index (κ1) is 11.3. The van der Waals surface area contributed by atoms with Gasteiger partial charge in [0, 0.05) is 6.20 Å². The Hall–Kier alpha value is -0.790. The zero-order valence-corrected chi connectivity index (χ0v) is 10.1. The Morgan fingerprint density at radius 1 is 1.07 bits per heavy atom. The van der Waals surface area contributed by atoms with E-state index in [4.69, 9.17) is 0 Å². The van der Waals surface area contributed by atoms with E-state index in [1.54, 1.807) is 6.20 Å². The maximum Gasteiger partial charge on any atom is 0.235 e. The second-order valence-electron chi connectivity index (χ2n) is 6.11. The maximum absolute atomic E-state index is 12.0. The molecule has 0 unspecified atom stereocenters. The van der Waals surface area contributed by atoms with Crippen LogP contribution in [-0.4, -0.2) is 5.91 Å². The summed E-state index contributed by atoms with van der Waals surface area (Å²) in [5, 5.41) is 2.80. The van der Waals surface area contributed by atoms with Gasteiger partial charge in [0.1, 0.15) is 0 Å². The summed E-state index contributed by atoms with van der Waals surface area (Å²) in [5.41, 5.74) is -0.537. The third-order valence-electron chi connectivity index (χ3n) is 3.27. The third-order valence-corrected chi connectivity index (χ3v) is 3.27. The lowest BCUT2D eigenvalue weighted by Crippen LogP contribution is -2.51. The smallest absolute Gasteiger partial charge is 0.235 e. The van der Waals surface area contributed by atoms with Crippen LogP contribution in [0.15, 0.2) is 12.3 Å². The van der Waals surface area contributed by atoms with Crippen molar-refractivity contribution in [2.75, 3.05) is 0 Å². The van der Waals surface area contributed by atoms with Crippen molar-refractivity contribution in [3.63, 3.8) is 0 Å². The highest BCUT2D eigenvalue weighted by Gasteiger charge is 2.55. The molecule has 0 aliphatic carbocycles. The highest BCUT2D eigenvalue weighted by molar-refractivity contribution is 5.89. The van der Waals surface area contributed by atoms with Gasteiger partial charge in [0.15, 0.2) is 0 Å². The molecule has 1 N–H and O–H groups in total. The molecule has 2 heteroatoms. The number of carbonyl (C=O) groups excluding carboxylic acids is 1. The molecule has 0 radical (unpaired) electrons. The summed E-state index contributed by atoms with van der Waals surface area (Å²) in [7, 11) is 0. The van der Waals surface area contributed by atoms with Gasteiger partial charge in [0.2, 0.25) is 5.91 Å². The van der Waals surface area contributed by atoms with E-state index in [1.165, 1.54) is 0 Å². The summed E-state index contributed by atoms with van der Waals surface area (Å²) < 4.78 is 0. The molecule has 0 saturated heterocycles. The summed E-state index contributed by atoms with van der Waals surface area (Å²) in [5.74, 6) is 0.123. The van der Waals surface area contributed by atoms with Gasteiger partial charge in [-0.3, -0.25) is 4.79 Å². The average Bonchev–Trinajstić information content (AvgIpc) is 2.27. The van der Waals surface area contributed by atoms with E-state index >= 15 is 0 Å². The van der Waals surface area contributed by atoms with Gasteiger partial charge in [-0.15, -0.1) is 0 Å². The van der Waals surface area contributed by atoms with Crippen LogP contribution in [0.25, 0.3) is 0 Å². The second kappa shape index (κ2) is 2.85. The molecule has 0 bridgehead atoms. The number of carbonyl (C=O) groups is 1. The fourth-order valence-electron chi connectivity index (χ4n) is 2.74. The number of hydrogen-bond acceptors (Lipinski definition) is 1. The van der Waals surface area contributed by atoms with E-state index in [2.05, 4.69) is 46.9 Å². The van der Waals surface area contributed by atoms with Crippen LogP contribution in [0.3, 0.4) is 0 Å². The molecule has 0 aromatic heterocycles. The van der Waals surface area contributed by atoms with E-state index in [1.807, 2.05) is 6.08 Å². The number of nitrogens with one attached hydrogen (secondary N) is 1. The van der Waals surface area contributed by atoms with Crippen LogP contribution in [0.4, 0.5) is 0 Å². The summed E-state index contributed by atoms with van der Waals surface area (Å²) >= 11 is 0. The van der Waals surface area contributed by atoms with Crippen LogP contribution >= 0.6 is 0 Å². The zero-order valence-electron chi connectivity index (χ0n) is 10.1. The van der Waals surface area contributed by atoms with E-state index in [9.17, 15) is 4.79 Å². The lowest BCUT2D eigenvalue weighted by Gasteiger charge is -2.47. The predicted molar refractivity (Wildman–Crippen MR) is 58.6 cm³/mol. The second-order valence-corrected chi connectivity index (χ2v) is 6.11. The molecule has 1 heterocycles. The first-order chi connectivity index (χ1) is 6.13. The van der Waals surface area contributed by atoms with E-state index < -0.39 is 5.41 Å². The SMILES string of the molecule is CC(C)(C)C1(C(C)(C)C)C=CNC1=O. The molecular weight excluding hydrogens is 174 g/mol. The van der Waals surface area contributed by atoms with E-state index in [0.29, 0.717) is 0 Å². The highest BCUT2D eigenvalue weighted by Crippen LogP contribution is 2.54. The molecule has 1 rings (SSSR count). The van der Waals surface area contributed by atoms with Gasteiger partial charge in [0.05, 0.1) is 5.41 Å². The quantitative estimate of drug-likeness (QED) is 0.632. The lowest BCUT2D eigenvalue weighted by atomic mass is 9.54. The van der Waals surface area contributed by atoms with Crippen LogP contribution in [-0.2, 0) is 4.79 Å². The van der Waals surface area contributed by atoms with Crippen molar-refractivity contribution in [1.29, 1.82) is 0 Å². The van der Waals surface area contributed by atoms with Gasteiger partial charge in [-0.1, -0.05) is 47.6 Å². The summed E-state index contributed by atoms with van der Waals surface area (Å²) in [6.45, 7) is 12.7. The number of rotatable bonds is 0. The minimum absolute atomic E-state index is 0.0671. The Balaban J connectivity index is 3.31. The monoisotopic (exact) mass is 195 g/mol. The van der Waals surface area contributed by atoms with Crippen molar-refractivity contribution >= 4 is 5.91 Å². The normalized spacial score (nSPS) is 21.1. The Bertz CT molecular complexity index is 262. The predicted octanol–water partition coefficient (Wildman–Crippen LogP) is 2.71. The van der Waals surface area contributed by atoms with Crippen LogP contribution in [0.5, 0.6) is 0 Å². The topological polar surface area (TPSA) is 29.1 Å². The van der Waals surface area contributed by atoms with Crippen LogP contribution in [0.1, 0.15) is 41.5 Å². The molecule has 0 atom stereocenters. The molecule has 0 saturated carbocycles. The van der Waals surface area contributed by atoms with Gasteiger partial charge in [-0.05, 0) is 10.8 Å². The van der Waals surface area contributed by atoms with E-state index in [-0.39, 0.29) is 16.7 Å². The number of hydrogen-bond donors (Lipinski definition) is 1. The van der Waals surface area contributed by atoms with Gasteiger partial charge >= 0.3 is 0 Å². The third kappa shape index (κ3) is 1.28. The van der Waals surface area contributed by atoms with Crippen LogP contribution in [0.2, 0.25) is 0 Å². The van der Waals surface area contributed by atoms with Crippen LogP contribution < -0.4 is 5.32 Å². The molecule has 0 fully saturated rings. The molecular formula is C12H21NO. The van der Waals surface area contributed by atoms with Gasteiger partial charge in [-0.25, -0.2) is 0 Å². The fourth-order valence-corrected chi connectivity index (χ4v) is 2.74. The molecule has 1 aliphatic rings. The molecule has 0 aromatic carbocycles. The summed E-state index contributed by atoms with van der Waals surface area (Å²) in [6, 6.07) is 0. The van der Waals surface area contributed by atoms with Crippen molar-refractivity contribution in [3.05, 3.63) is 12.3 Å². The van der Waals surface area contributed by atoms with E-state index in [0.717, 1.165) is 0 Å². The summed E-state index contributed by atoms with van der Waals surface area (Å²) in [4.78, 5) is 12.0. The molecule has 14 heavy (non-hydrogen) atoms. The van der Waals surface area contributed by atoms with Gasteiger partial charge in [0.25, 0.3) is 0 Å². The molecule has 0 spiro atoms. The van der Waals surface area contributed by atoms with Gasteiger partial charge < -0.3 is 5.32 Å². The number of amides is 1. The lowest BCUT2D eigenvalue weighted by molar-refractivity contribution is -0.138. The molecule has 0 aromatic rings. The molecule has 1 aliphatic heterocycles. The highest BCUT2D eigenvalue weighted by atomic mass is 16.2. The minimum atomic E-state index is -0.403. The Morgan fingerprint density at radius 2 is 1.50 bits per heavy atom. The Morgan fingerprint density at radius 3 is 1.64 bits per heavy atom. The van der Waals surface area contributed by atoms with Gasteiger partial charge in [-0.2, -0.15) is 0 Å². The standard InChI is InChI=1S/C12H21NO/c1-10(2,3)12(11(4,5)6)7-8-13-9(12)14/h7-8H,1-6H3,(H,13,14). The molecule has 80 valence electrons. The van der Waals surface area contributed by atoms with Crippen molar-refractivity contribution in [1.82, 2.24) is 5.32 Å². The minimum Gasteiger partial charge on any atom is -0.332 e. The Kier molecular flexibility index (Phi) is 2.30. The largest absolute Gasteiger partial charge is 0.332 e. The molecule has 1 amide bonds. The van der Waals surface area contributed by atoms with Crippen LogP contribution in [0, 0.1) is 16.2 Å².